The van der Waals surface area contributed by atoms with Gasteiger partial charge < -0.3 is 10.2 Å². The van der Waals surface area contributed by atoms with Crippen LogP contribution in [-0.4, -0.2) is 10.2 Å². The SMILES string of the molecule is CC(C)(C)CC(C)(C)c1cc(Cc2cc(C(C)(C)CC(C)(C)C)cc(C(C)(C)CC(C)(C)C)c2O)c(O)c(C(C)(C)CC(C)(C)C)c1. The first kappa shape index (κ1) is 41.2. The first-order valence-electron chi connectivity index (χ1n) is 18.3. The van der Waals surface area contributed by atoms with Crippen molar-refractivity contribution in [3.63, 3.8) is 0 Å². The van der Waals surface area contributed by atoms with E-state index in [2.05, 4.69) is 163 Å². The summed E-state index contributed by atoms with van der Waals surface area (Å²) in [4.78, 5) is 0. The average molecular weight is 649 g/mol. The molecule has 0 heterocycles. The van der Waals surface area contributed by atoms with Gasteiger partial charge in [0, 0.05) is 17.5 Å². The zero-order valence-corrected chi connectivity index (χ0v) is 34.7. The molecule has 0 aliphatic rings. The van der Waals surface area contributed by atoms with Crippen LogP contribution in [0.1, 0.15) is 198 Å². The second kappa shape index (κ2) is 13.1. The van der Waals surface area contributed by atoms with Gasteiger partial charge in [-0.05, 0) is 91.3 Å². The van der Waals surface area contributed by atoms with Gasteiger partial charge >= 0.3 is 0 Å². The normalized spacial score (nSPS) is 14.6. The van der Waals surface area contributed by atoms with Gasteiger partial charge in [0.25, 0.3) is 0 Å². The molecule has 2 rings (SSSR count). The summed E-state index contributed by atoms with van der Waals surface area (Å²) in [7, 11) is 0. The average Bonchev–Trinajstić information content (AvgIpc) is 2.74. The van der Waals surface area contributed by atoms with Crippen molar-refractivity contribution >= 4 is 0 Å². The number of hydrogen-bond acceptors (Lipinski definition) is 2. The molecule has 0 aliphatic carbocycles. The van der Waals surface area contributed by atoms with Crippen LogP contribution in [0.15, 0.2) is 24.3 Å². The van der Waals surface area contributed by atoms with Gasteiger partial charge in [-0.3, -0.25) is 0 Å². The fraction of sp³-hybridized carbons (Fsp3) is 0.733. The molecule has 0 atom stereocenters. The molecule has 0 amide bonds. The molecule has 268 valence electrons. The zero-order valence-electron chi connectivity index (χ0n) is 34.7. The highest BCUT2D eigenvalue weighted by atomic mass is 16.3. The molecule has 0 bridgehead atoms. The van der Waals surface area contributed by atoms with Crippen molar-refractivity contribution in [1.29, 1.82) is 0 Å². The molecule has 0 aliphatic heterocycles. The third kappa shape index (κ3) is 11.6. The lowest BCUT2D eigenvalue weighted by atomic mass is 9.67. The summed E-state index contributed by atoms with van der Waals surface area (Å²) in [5.41, 5.74) is 6.22. The molecule has 0 aromatic heterocycles. The van der Waals surface area contributed by atoms with Crippen molar-refractivity contribution < 1.29 is 10.2 Å². The van der Waals surface area contributed by atoms with Crippen LogP contribution in [0.25, 0.3) is 0 Å². The molecule has 0 fully saturated rings. The van der Waals surface area contributed by atoms with Crippen molar-refractivity contribution in [3.8, 4) is 11.5 Å². The predicted octanol–water partition coefficient (Wildman–Crippen LogP) is 13.5. The maximum Gasteiger partial charge on any atom is 0.122 e. The van der Waals surface area contributed by atoms with E-state index in [1.165, 1.54) is 11.1 Å². The third-order valence-corrected chi connectivity index (χ3v) is 9.67. The molecular formula is C45H76O2. The minimum atomic E-state index is -0.233. The summed E-state index contributed by atoms with van der Waals surface area (Å²) >= 11 is 0. The van der Waals surface area contributed by atoms with Gasteiger partial charge in [0.05, 0.1) is 0 Å². The van der Waals surface area contributed by atoms with E-state index in [-0.39, 0.29) is 43.3 Å². The van der Waals surface area contributed by atoms with Crippen LogP contribution in [0.5, 0.6) is 11.5 Å². The third-order valence-electron chi connectivity index (χ3n) is 9.67. The predicted molar refractivity (Wildman–Crippen MR) is 207 cm³/mol. The fourth-order valence-electron chi connectivity index (χ4n) is 9.37. The van der Waals surface area contributed by atoms with E-state index in [1.807, 2.05) is 0 Å². The summed E-state index contributed by atoms with van der Waals surface area (Å²) in [6.45, 7) is 46.0. The van der Waals surface area contributed by atoms with Gasteiger partial charge in [0.1, 0.15) is 11.5 Å². The minimum Gasteiger partial charge on any atom is -0.507 e. The number of phenols is 2. The number of benzene rings is 2. The Kier molecular flexibility index (Phi) is 11.5. The quantitative estimate of drug-likeness (QED) is 0.269. The molecule has 0 unspecified atom stereocenters. The van der Waals surface area contributed by atoms with Crippen LogP contribution in [0.2, 0.25) is 0 Å². The smallest absolute Gasteiger partial charge is 0.122 e. The highest BCUT2D eigenvalue weighted by Gasteiger charge is 2.37. The summed E-state index contributed by atoms with van der Waals surface area (Å²) in [5, 5.41) is 24.4. The lowest BCUT2D eigenvalue weighted by Crippen LogP contribution is -2.29. The Balaban J connectivity index is 2.98. The topological polar surface area (TPSA) is 40.5 Å². The van der Waals surface area contributed by atoms with Gasteiger partial charge in [0.2, 0.25) is 0 Å². The Hall–Kier alpha value is -1.96. The van der Waals surface area contributed by atoms with Gasteiger partial charge in [-0.1, -0.05) is 163 Å². The summed E-state index contributed by atoms with van der Waals surface area (Å²) in [5.74, 6) is 0.757. The fourth-order valence-corrected chi connectivity index (χ4v) is 9.37. The second-order valence-electron chi connectivity index (χ2n) is 22.7. The lowest BCUT2D eigenvalue weighted by Gasteiger charge is -2.38. The highest BCUT2D eigenvalue weighted by molar-refractivity contribution is 5.55. The molecule has 2 nitrogen and oxygen atoms in total. The van der Waals surface area contributed by atoms with Crippen LogP contribution in [0.4, 0.5) is 0 Å². The van der Waals surface area contributed by atoms with E-state index >= 15 is 0 Å². The molecule has 0 radical (unpaired) electrons. The molecule has 0 saturated carbocycles. The van der Waals surface area contributed by atoms with E-state index in [1.54, 1.807) is 0 Å². The van der Waals surface area contributed by atoms with Crippen LogP contribution in [0, 0.1) is 21.7 Å². The molecule has 0 spiro atoms. The van der Waals surface area contributed by atoms with Crippen molar-refractivity contribution in [3.05, 3.63) is 57.6 Å². The second-order valence-corrected chi connectivity index (χ2v) is 22.7. The molecule has 47 heavy (non-hydrogen) atoms. The van der Waals surface area contributed by atoms with E-state index in [0.717, 1.165) is 47.9 Å². The van der Waals surface area contributed by atoms with Gasteiger partial charge in [-0.2, -0.15) is 0 Å². The van der Waals surface area contributed by atoms with E-state index in [4.69, 9.17) is 0 Å². The molecule has 2 aromatic rings. The van der Waals surface area contributed by atoms with Crippen LogP contribution in [0.3, 0.4) is 0 Å². The Morgan fingerprint density at radius 1 is 0.362 bits per heavy atom. The van der Waals surface area contributed by atoms with Gasteiger partial charge in [0.15, 0.2) is 0 Å². The van der Waals surface area contributed by atoms with Gasteiger partial charge in [-0.25, -0.2) is 0 Å². The first-order chi connectivity index (χ1) is 20.6. The van der Waals surface area contributed by atoms with Crippen molar-refractivity contribution in [1.82, 2.24) is 0 Å². The Bertz CT molecular complexity index is 1280. The number of rotatable bonds is 10. The number of hydrogen-bond donors (Lipinski definition) is 2. The molecular weight excluding hydrogens is 572 g/mol. The van der Waals surface area contributed by atoms with Gasteiger partial charge in [-0.15, -0.1) is 0 Å². The Labute approximate surface area is 292 Å². The molecule has 0 saturated heterocycles. The Morgan fingerprint density at radius 2 is 0.596 bits per heavy atom. The Morgan fingerprint density at radius 3 is 0.830 bits per heavy atom. The van der Waals surface area contributed by atoms with E-state index < -0.39 is 0 Å². The van der Waals surface area contributed by atoms with Crippen molar-refractivity contribution in [2.75, 3.05) is 0 Å². The number of phenolic OH excluding ortho intramolecular Hbond substituents is 2. The maximum absolute atomic E-state index is 12.2. The monoisotopic (exact) mass is 649 g/mol. The molecule has 2 heteroatoms. The maximum atomic E-state index is 12.2. The summed E-state index contributed by atoms with van der Waals surface area (Å²) < 4.78 is 0. The minimum absolute atomic E-state index is 0.0916. The van der Waals surface area contributed by atoms with Crippen LogP contribution < -0.4 is 0 Å². The molecule has 2 aromatic carbocycles. The zero-order chi connectivity index (χ0) is 37.0. The number of aromatic hydroxyl groups is 2. The van der Waals surface area contributed by atoms with Crippen molar-refractivity contribution in [2.24, 2.45) is 21.7 Å². The summed E-state index contributed by atoms with van der Waals surface area (Å²) in [6.07, 6.45) is 4.42. The molecule has 2 N–H and O–H groups in total. The largest absolute Gasteiger partial charge is 0.507 e. The van der Waals surface area contributed by atoms with Crippen LogP contribution >= 0.6 is 0 Å². The first-order valence-corrected chi connectivity index (χ1v) is 18.3. The standard InChI is InChI=1S/C45H76O2/c1-38(2,3)26-42(13,14)32-22-30(36(46)34(24-32)44(17,18)28-40(7,8)9)21-31-23-33(43(15,16)27-39(4,5)6)25-35(37(31)47)45(19,20)29-41(10,11)12/h22-25,46-47H,21,26-29H2,1-20H3. The van der Waals surface area contributed by atoms with E-state index in [9.17, 15) is 10.2 Å². The van der Waals surface area contributed by atoms with Crippen molar-refractivity contribution in [2.45, 2.75) is 192 Å². The summed E-state index contributed by atoms with van der Waals surface area (Å²) in [6, 6.07) is 9.06. The highest BCUT2D eigenvalue weighted by Crippen LogP contribution is 2.48. The van der Waals surface area contributed by atoms with E-state index in [0.29, 0.717) is 17.9 Å². The van der Waals surface area contributed by atoms with Crippen LogP contribution in [-0.2, 0) is 28.1 Å². The lowest BCUT2D eigenvalue weighted by molar-refractivity contribution is 0.273.